The zero-order chi connectivity index (χ0) is 16.4. The summed E-state index contributed by atoms with van der Waals surface area (Å²) in [6.07, 6.45) is 0. The molecule has 0 radical (unpaired) electrons. The third kappa shape index (κ3) is 3.57. The Balaban J connectivity index is 2.20. The third-order valence-electron chi connectivity index (χ3n) is 3.50. The summed E-state index contributed by atoms with van der Waals surface area (Å²) in [5.74, 6) is 0. The number of benzene rings is 2. The van der Waals surface area contributed by atoms with Crippen LogP contribution in [0.1, 0.15) is 20.8 Å². The van der Waals surface area contributed by atoms with E-state index < -0.39 is 0 Å². The third-order valence-corrected chi connectivity index (χ3v) is 4.58. The van der Waals surface area contributed by atoms with Gasteiger partial charge in [0, 0.05) is 15.9 Å². The minimum atomic E-state index is -0.0669. The van der Waals surface area contributed by atoms with Gasteiger partial charge in [-0.1, -0.05) is 41.9 Å². The average molecular weight is 343 g/mol. The van der Waals surface area contributed by atoms with Gasteiger partial charge in [0.2, 0.25) is 0 Å². The Morgan fingerprint density at radius 1 is 0.957 bits per heavy atom. The number of halogens is 1. The van der Waals surface area contributed by atoms with E-state index >= 15 is 0 Å². The van der Waals surface area contributed by atoms with E-state index in [0.29, 0.717) is 0 Å². The van der Waals surface area contributed by atoms with Gasteiger partial charge in [-0.05, 0) is 50.6 Å². The molecule has 0 atom stereocenters. The Morgan fingerprint density at radius 3 is 2.22 bits per heavy atom. The molecule has 0 unspecified atom stereocenters. The van der Waals surface area contributed by atoms with E-state index in [1.165, 1.54) is 0 Å². The standard InChI is InChI=1S/C19H19ClN2S/c1-19(2,3)22-17(14-9-11-15(20)12-10-14)13-23-18(22)21-16-7-5-4-6-8-16/h4-13H,1-3H3. The lowest BCUT2D eigenvalue weighted by Crippen LogP contribution is -2.31. The Labute approximate surface area is 145 Å². The Kier molecular flexibility index (Phi) is 4.42. The smallest absolute Gasteiger partial charge is 0.190 e. The molecular formula is C19H19ClN2S. The summed E-state index contributed by atoms with van der Waals surface area (Å²) in [6.45, 7) is 6.59. The van der Waals surface area contributed by atoms with Crippen molar-refractivity contribution in [2.75, 3.05) is 0 Å². The lowest BCUT2D eigenvalue weighted by molar-refractivity contribution is 0.392. The van der Waals surface area contributed by atoms with E-state index in [0.717, 1.165) is 26.8 Å². The molecule has 2 aromatic carbocycles. The summed E-state index contributed by atoms with van der Waals surface area (Å²) in [6, 6.07) is 18.0. The molecule has 0 aliphatic rings. The maximum atomic E-state index is 6.02. The van der Waals surface area contributed by atoms with Gasteiger partial charge in [-0.3, -0.25) is 0 Å². The molecule has 0 fully saturated rings. The highest BCUT2D eigenvalue weighted by atomic mass is 35.5. The second-order valence-electron chi connectivity index (χ2n) is 6.36. The predicted octanol–water partition coefficient (Wildman–Crippen LogP) is 5.86. The summed E-state index contributed by atoms with van der Waals surface area (Å²) >= 11 is 7.68. The Hall–Kier alpha value is -1.84. The normalized spacial score (nSPS) is 12.6. The van der Waals surface area contributed by atoms with Crippen LogP contribution in [-0.2, 0) is 5.54 Å². The van der Waals surface area contributed by atoms with Gasteiger partial charge in [-0.15, -0.1) is 11.3 Å². The van der Waals surface area contributed by atoms with E-state index in [9.17, 15) is 0 Å². The first-order valence-corrected chi connectivity index (χ1v) is 8.78. The van der Waals surface area contributed by atoms with Crippen LogP contribution in [0.25, 0.3) is 11.3 Å². The second kappa shape index (κ2) is 6.34. The van der Waals surface area contributed by atoms with Gasteiger partial charge in [-0.2, -0.15) is 0 Å². The quantitative estimate of drug-likeness (QED) is 0.555. The number of hydrogen-bond donors (Lipinski definition) is 0. The maximum absolute atomic E-state index is 6.02. The molecule has 0 amide bonds. The molecule has 4 heteroatoms. The number of aromatic nitrogens is 1. The van der Waals surface area contributed by atoms with Gasteiger partial charge in [0.15, 0.2) is 4.80 Å². The lowest BCUT2D eigenvalue weighted by atomic mass is 10.1. The topological polar surface area (TPSA) is 17.3 Å². The summed E-state index contributed by atoms with van der Waals surface area (Å²) in [5.41, 5.74) is 3.21. The average Bonchev–Trinajstić information content (AvgIpc) is 2.93. The molecule has 23 heavy (non-hydrogen) atoms. The van der Waals surface area contributed by atoms with Crippen molar-refractivity contribution in [1.29, 1.82) is 0 Å². The van der Waals surface area contributed by atoms with Crippen LogP contribution < -0.4 is 4.80 Å². The van der Waals surface area contributed by atoms with E-state index in [2.05, 4.69) is 42.9 Å². The van der Waals surface area contributed by atoms with Crippen LogP contribution in [-0.4, -0.2) is 4.57 Å². The molecule has 0 N–H and O–H groups in total. The molecule has 0 bridgehead atoms. The minimum absolute atomic E-state index is 0.0669. The van der Waals surface area contributed by atoms with Crippen molar-refractivity contribution in [3.8, 4) is 11.3 Å². The Morgan fingerprint density at radius 2 is 1.61 bits per heavy atom. The molecule has 1 heterocycles. The molecule has 118 valence electrons. The van der Waals surface area contributed by atoms with E-state index in [4.69, 9.17) is 16.6 Å². The van der Waals surface area contributed by atoms with E-state index in [-0.39, 0.29) is 5.54 Å². The van der Waals surface area contributed by atoms with Crippen LogP contribution in [0.5, 0.6) is 0 Å². The highest BCUT2D eigenvalue weighted by Crippen LogP contribution is 2.27. The molecule has 0 aliphatic carbocycles. The molecule has 3 rings (SSSR count). The molecule has 0 aliphatic heterocycles. The monoisotopic (exact) mass is 342 g/mol. The number of hydrogen-bond acceptors (Lipinski definition) is 2. The van der Waals surface area contributed by atoms with Crippen LogP contribution in [0.15, 0.2) is 65.0 Å². The van der Waals surface area contributed by atoms with Crippen LogP contribution >= 0.6 is 22.9 Å². The first kappa shape index (κ1) is 16.0. The van der Waals surface area contributed by atoms with Gasteiger partial charge in [-0.25, -0.2) is 4.99 Å². The van der Waals surface area contributed by atoms with Crippen LogP contribution in [0.3, 0.4) is 0 Å². The fraction of sp³-hybridized carbons (Fsp3) is 0.211. The summed E-state index contributed by atoms with van der Waals surface area (Å²) in [5, 5.41) is 2.91. The lowest BCUT2D eigenvalue weighted by Gasteiger charge is -2.24. The number of para-hydroxylation sites is 1. The number of nitrogens with zero attached hydrogens (tertiary/aromatic N) is 2. The van der Waals surface area contributed by atoms with Gasteiger partial charge in [0.05, 0.1) is 11.4 Å². The first-order chi connectivity index (χ1) is 10.9. The van der Waals surface area contributed by atoms with Crippen LogP contribution in [0.4, 0.5) is 5.69 Å². The van der Waals surface area contributed by atoms with Gasteiger partial charge < -0.3 is 4.57 Å². The summed E-state index contributed by atoms with van der Waals surface area (Å²) in [7, 11) is 0. The van der Waals surface area contributed by atoms with Gasteiger partial charge in [0.1, 0.15) is 0 Å². The molecule has 1 aromatic heterocycles. The van der Waals surface area contributed by atoms with Crippen molar-refractivity contribution in [2.45, 2.75) is 26.3 Å². The van der Waals surface area contributed by atoms with Crippen molar-refractivity contribution in [1.82, 2.24) is 4.57 Å². The van der Waals surface area contributed by atoms with E-state index in [1.54, 1.807) is 11.3 Å². The minimum Gasteiger partial charge on any atom is -0.311 e. The van der Waals surface area contributed by atoms with Crippen molar-refractivity contribution < 1.29 is 0 Å². The van der Waals surface area contributed by atoms with Gasteiger partial charge >= 0.3 is 0 Å². The second-order valence-corrected chi connectivity index (χ2v) is 7.64. The van der Waals surface area contributed by atoms with Crippen molar-refractivity contribution in [3.05, 3.63) is 69.8 Å². The molecular weight excluding hydrogens is 324 g/mol. The maximum Gasteiger partial charge on any atom is 0.190 e. The Bertz CT molecular complexity index is 853. The van der Waals surface area contributed by atoms with Crippen molar-refractivity contribution in [3.63, 3.8) is 0 Å². The fourth-order valence-electron chi connectivity index (χ4n) is 2.47. The van der Waals surface area contributed by atoms with Crippen LogP contribution in [0, 0.1) is 0 Å². The highest BCUT2D eigenvalue weighted by molar-refractivity contribution is 7.07. The highest BCUT2D eigenvalue weighted by Gasteiger charge is 2.19. The molecule has 0 spiro atoms. The first-order valence-electron chi connectivity index (χ1n) is 7.52. The fourth-order valence-corrected chi connectivity index (χ4v) is 3.69. The van der Waals surface area contributed by atoms with Crippen LogP contribution in [0.2, 0.25) is 5.02 Å². The van der Waals surface area contributed by atoms with Crippen molar-refractivity contribution in [2.24, 2.45) is 4.99 Å². The number of rotatable bonds is 2. The van der Waals surface area contributed by atoms with E-state index in [1.807, 2.05) is 42.5 Å². The molecule has 0 saturated carbocycles. The molecule has 3 aromatic rings. The zero-order valence-electron chi connectivity index (χ0n) is 13.5. The summed E-state index contributed by atoms with van der Waals surface area (Å²) in [4.78, 5) is 5.82. The molecule has 2 nitrogen and oxygen atoms in total. The molecule has 0 saturated heterocycles. The SMILES string of the molecule is CC(C)(C)n1c(-c2ccc(Cl)cc2)csc1=Nc1ccccc1. The number of thiazole rings is 1. The summed E-state index contributed by atoms with van der Waals surface area (Å²) < 4.78 is 2.29. The van der Waals surface area contributed by atoms with Gasteiger partial charge in [0.25, 0.3) is 0 Å². The van der Waals surface area contributed by atoms with Crippen molar-refractivity contribution >= 4 is 28.6 Å². The predicted molar refractivity (Wildman–Crippen MR) is 99.4 cm³/mol. The largest absolute Gasteiger partial charge is 0.311 e. The zero-order valence-corrected chi connectivity index (χ0v) is 15.0.